The maximum atomic E-state index is 12.9. The number of hydrogen-bond donors (Lipinski definition) is 1. The zero-order chi connectivity index (χ0) is 9.14. The quantitative estimate of drug-likeness (QED) is 0.579. The summed E-state index contributed by atoms with van der Waals surface area (Å²) < 4.78 is 12.9. The van der Waals surface area contributed by atoms with E-state index in [1.165, 1.54) is 19.2 Å². The second-order valence-corrected chi connectivity index (χ2v) is 2.32. The molecule has 0 fully saturated rings. The van der Waals surface area contributed by atoms with Crippen LogP contribution in [0.25, 0.3) is 0 Å². The van der Waals surface area contributed by atoms with Gasteiger partial charge in [-0.05, 0) is 12.1 Å². The van der Waals surface area contributed by atoms with Crippen LogP contribution in [0.5, 0.6) is 0 Å². The summed E-state index contributed by atoms with van der Waals surface area (Å²) in [4.78, 5) is 11.0. The zero-order valence-electron chi connectivity index (χ0n) is 6.60. The summed E-state index contributed by atoms with van der Waals surface area (Å²) >= 11 is 0. The minimum atomic E-state index is -0.602. The lowest BCUT2D eigenvalue weighted by molar-refractivity contribution is 0.0959. The average Bonchev–Trinajstić information content (AvgIpc) is 2.03. The Balaban J connectivity index is 3.09. The highest BCUT2D eigenvalue weighted by atomic mass is 19.1. The molecule has 1 N–H and O–H groups in total. The molecule has 0 aromatic heterocycles. The monoisotopic (exact) mass is 163 g/mol. The van der Waals surface area contributed by atoms with E-state index in [1.54, 1.807) is 0 Å². The van der Waals surface area contributed by atoms with Gasteiger partial charge < -0.3 is 5.32 Å². The van der Waals surface area contributed by atoms with Gasteiger partial charge in [0.05, 0.1) is 5.56 Å². The fourth-order valence-electron chi connectivity index (χ4n) is 0.850. The molecule has 2 radical (unpaired) electrons. The molecule has 0 aliphatic rings. The molecular formula is C8H7BFNO. The zero-order valence-corrected chi connectivity index (χ0v) is 6.60. The fraction of sp³-hybridized carbons (Fsp3) is 0.125. The number of carbonyl (C=O) groups excluding carboxylic acids is 1. The molecule has 0 unspecified atom stereocenters. The van der Waals surface area contributed by atoms with Gasteiger partial charge in [0.25, 0.3) is 5.91 Å². The molecule has 2 nitrogen and oxygen atoms in total. The van der Waals surface area contributed by atoms with Crippen molar-refractivity contribution in [1.29, 1.82) is 0 Å². The van der Waals surface area contributed by atoms with E-state index < -0.39 is 11.7 Å². The number of carbonyl (C=O) groups is 1. The van der Waals surface area contributed by atoms with Crippen molar-refractivity contribution in [3.63, 3.8) is 0 Å². The van der Waals surface area contributed by atoms with Crippen LogP contribution in [-0.2, 0) is 0 Å². The molecule has 12 heavy (non-hydrogen) atoms. The van der Waals surface area contributed by atoms with Crippen LogP contribution in [0.2, 0.25) is 0 Å². The van der Waals surface area contributed by atoms with Crippen LogP contribution in [0, 0.1) is 5.82 Å². The van der Waals surface area contributed by atoms with Crippen molar-refractivity contribution >= 4 is 19.2 Å². The van der Waals surface area contributed by atoms with Crippen molar-refractivity contribution in [2.45, 2.75) is 0 Å². The first-order valence-corrected chi connectivity index (χ1v) is 3.42. The summed E-state index contributed by atoms with van der Waals surface area (Å²) in [5.74, 6) is -1.05. The summed E-state index contributed by atoms with van der Waals surface area (Å²) in [5.41, 5.74) is 0.312. The van der Waals surface area contributed by atoms with Gasteiger partial charge in [0.2, 0.25) is 0 Å². The smallest absolute Gasteiger partial charge is 0.253 e. The molecule has 1 rings (SSSR count). The highest BCUT2D eigenvalue weighted by Gasteiger charge is 2.08. The van der Waals surface area contributed by atoms with E-state index in [9.17, 15) is 9.18 Å². The molecule has 0 spiro atoms. The third-order valence-corrected chi connectivity index (χ3v) is 1.46. The lowest BCUT2D eigenvalue weighted by Gasteiger charge is -2.01. The second-order valence-electron chi connectivity index (χ2n) is 2.32. The normalized spacial score (nSPS) is 9.50. The number of hydrogen-bond acceptors (Lipinski definition) is 1. The Hall–Kier alpha value is -1.32. The van der Waals surface area contributed by atoms with E-state index in [0.717, 1.165) is 6.07 Å². The van der Waals surface area contributed by atoms with Crippen LogP contribution in [-0.4, -0.2) is 20.8 Å². The molecule has 0 saturated heterocycles. The van der Waals surface area contributed by atoms with Crippen molar-refractivity contribution in [1.82, 2.24) is 5.32 Å². The topological polar surface area (TPSA) is 29.1 Å². The Labute approximate surface area is 71.2 Å². The van der Waals surface area contributed by atoms with Gasteiger partial charge in [0.1, 0.15) is 13.7 Å². The highest BCUT2D eigenvalue weighted by molar-refractivity contribution is 6.32. The maximum Gasteiger partial charge on any atom is 0.253 e. The van der Waals surface area contributed by atoms with Gasteiger partial charge in [0.15, 0.2) is 0 Å². The molecule has 1 amide bonds. The second kappa shape index (κ2) is 3.39. The number of rotatable bonds is 1. The number of halogens is 1. The largest absolute Gasteiger partial charge is 0.355 e. The molecule has 0 atom stereocenters. The van der Waals surface area contributed by atoms with Crippen LogP contribution in [0.1, 0.15) is 10.4 Å². The maximum absolute atomic E-state index is 12.9. The van der Waals surface area contributed by atoms with E-state index >= 15 is 0 Å². The van der Waals surface area contributed by atoms with Gasteiger partial charge in [-0.2, -0.15) is 0 Å². The van der Waals surface area contributed by atoms with Gasteiger partial charge in [0, 0.05) is 7.05 Å². The first-order valence-electron chi connectivity index (χ1n) is 3.42. The molecule has 0 saturated carbocycles. The van der Waals surface area contributed by atoms with E-state index in [-0.39, 0.29) is 5.56 Å². The SMILES string of the molecule is [B]c1ccc(C(=O)NC)c(F)c1. The molecular weight excluding hydrogens is 156 g/mol. The number of amides is 1. The molecule has 4 heteroatoms. The van der Waals surface area contributed by atoms with Gasteiger partial charge in [-0.3, -0.25) is 4.79 Å². The predicted octanol–water partition coefficient (Wildman–Crippen LogP) is -0.0209. The molecule has 60 valence electrons. The average molecular weight is 163 g/mol. The third-order valence-electron chi connectivity index (χ3n) is 1.46. The predicted molar refractivity (Wildman–Crippen MR) is 45.2 cm³/mol. The lowest BCUT2D eigenvalue weighted by atomic mass is 9.95. The Morgan fingerprint density at radius 3 is 2.75 bits per heavy atom. The molecule has 0 bridgehead atoms. The van der Waals surface area contributed by atoms with E-state index in [4.69, 9.17) is 7.85 Å². The van der Waals surface area contributed by atoms with Crippen LogP contribution in [0.3, 0.4) is 0 Å². The van der Waals surface area contributed by atoms with Crippen molar-refractivity contribution in [3.8, 4) is 0 Å². The Morgan fingerprint density at radius 2 is 2.25 bits per heavy atom. The van der Waals surface area contributed by atoms with Crippen molar-refractivity contribution in [3.05, 3.63) is 29.6 Å². The van der Waals surface area contributed by atoms with Crippen LogP contribution in [0.4, 0.5) is 4.39 Å². The summed E-state index contributed by atoms with van der Waals surface area (Å²) in [5, 5.41) is 2.32. The van der Waals surface area contributed by atoms with E-state index in [1.807, 2.05) is 0 Å². The van der Waals surface area contributed by atoms with Crippen molar-refractivity contribution in [2.75, 3.05) is 7.05 Å². The first-order chi connectivity index (χ1) is 5.65. The molecule has 1 aromatic carbocycles. The Bertz CT molecular complexity index is 314. The molecule has 0 heterocycles. The number of benzene rings is 1. The summed E-state index contributed by atoms with van der Waals surface area (Å²) in [6.07, 6.45) is 0. The van der Waals surface area contributed by atoms with Crippen LogP contribution in [0.15, 0.2) is 18.2 Å². The summed E-state index contributed by atoms with van der Waals surface area (Å²) in [6.45, 7) is 0. The van der Waals surface area contributed by atoms with Gasteiger partial charge >= 0.3 is 0 Å². The van der Waals surface area contributed by atoms with Gasteiger partial charge in [-0.15, -0.1) is 0 Å². The minimum absolute atomic E-state index is 0.00620. The molecule has 0 aliphatic carbocycles. The van der Waals surface area contributed by atoms with E-state index in [2.05, 4.69) is 5.32 Å². The fourth-order valence-corrected chi connectivity index (χ4v) is 0.850. The van der Waals surface area contributed by atoms with Crippen molar-refractivity contribution in [2.24, 2.45) is 0 Å². The highest BCUT2D eigenvalue weighted by Crippen LogP contribution is 2.03. The van der Waals surface area contributed by atoms with Crippen LogP contribution < -0.4 is 10.8 Å². The number of nitrogens with one attached hydrogen (secondary N) is 1. The Kier molecular flexibility index (Phi) is 2.48. The molecule has 1 aromatic rings. The lowest BCUT2D eigenvalue weighted by Crippen LogP contribution is -2.20. The summed E-state index contributed by atoms with van der Waals surface area (Å²) in [6, 6.07) is 3.95. The van der Waals surface area contributed by atoms with Crippen LogP contribution >= 0.6 is 0 Å². The van der Waals surface area contributed by atoms with E-state index in [0.29, 0.717) is 5.46 Å². The van der Waals surface area contributed by atoms with Gasteiger partial charge in [-0.1, -0.05) is 11.5 Å². The molecule has 0 aliphatic heterocycles. The first kappa shape index (κ1) is 8.78. The van der Waals surface area contributed by atoms with Gasteiger partial charge in [-0.25, -0.2) is 4.39 Å². The standard InChI is InChI=1S/C8H7BFNO/c1-11-8(12)6-3-2-5(9)4-7(6)10/h2-4H,1H3,(H,11,12). The van der Waals surface area contributed by atoms with Crippen molar-refractivity contribution < 1.29 is 9.18 Å². The minimum Gasteiger partial charge on any atom is -0.355 e. The summed E-state index contributed by atoms with van der Waals surface area (Å²) in [7, 11) is 6.74. The third kappa shape index (κ3) is 1.64. The Morgan fingerprint density at radius 1 is 1.58 bits per heavy atom.